The monoisotopic (exact) mass is 482 g/mol. The van der Waals surface area contributed by atoms with Gasteiger partial charge in [0.15, 0.2) is 6.61 Å². The first-order valence-electron chi connectivity index (χ1n) is 9.61. The Bertz CT molecular complexity index is 864. The highest BCUT2D eigenvalue weighted by Crippen LogP contribution is 2.56. The summed E-state index contributed by atoms with van der Waals surface area (Å²) >= 11 is 9.30. The molecular weight excluding hydrogens is 464 g/mol. The molecule has 0 spiro atoms. The van der Waals surface area contributed by atoms with E-state index in [2.05, 4.69) is 21.2 Å². The van der Waals surface area contributed by atoms with Gasteiger partial charge in [-0.15, -0.1) is 0 Å². The minimum absolute atomic E-state index is 0.00307. The second-order valence-corrected chi connectivity index (χ2v) is 9.12. The number of esters is 1. The van der Waals surface area contributed by atoms with Gasteiger partial charge in [-0.2, -0.15) is 0 Å². The molecule has 3 fully saturated rings. The van der Waals surface area contributed by atoms with Crippen molar-refractivity contribution in [1.82, 2.24) is 4.90 Å². The van der Waals surface area contributed by atoms with Crippen molar-refractivity contribution in [2.45, 2.75) is 25.7 Å². The Morgan fingerprint density at radius 3 is 2.45 bits per heavy atom. The largest absolute Gasteiger partial charge is 0.456 e. The SMILES string of the molecule is O=C(COC(=O)CCN1C(=O)[C@@H]2[C@H]3CC[C@@H](C3)[C@@H]2C1=O)Nc1ccc(Br)cc1Cl. The third-order valence-electron chi connectivity index (χ3n) is 6.13. The molecule has 1 saturated heterocycles. The van der Waals surface area contributed by atoms with Crippen LogP contribution in [0.5, 0.6) is 0 Å². The van der Waals surface area contributed by atoms with Crippen molar-refractivity contribution in [3.8, 4) is 0 Å². The Balaban J connectivity index is 1.24. The molecule has 4 rings (SSSR count). The fourth-order valence-corrected chi connectivity index (χ4v) is 5.61. The molecule has 1 aromatic carbocycles. The summed E-state index contributed by atoms with van der Waals surface area (Å²) in [6.45, 7) is -0.467. The number of ether oxygens (including phenoxy) is 1. The summed E-state index contributed by atoms with van der Waals surface area (Å²) < 4.78 is 5.74. The molecule has 0 radical (unpaired) electrons. The van der Waals surface area contributed by atoms with Gasteiger partial charge in [-0.1, -0.05) is 27.5 Å². The van der Waals surface area contributed by atoms with Crippen LogP contribution in [-0.2, 0) is 23.9 Å². The van der Waals surface area contributed by atoms with E-state index < -0.39 is 18.5 Å². The van der Waals surface area contributed by atoms with Crippen molar-refractivity contribution in [1.29, 1.82) is 0 Å². The van der Waals surface area contributed by atoms with Crippen molar-refractivity contribution in [3.63, 3.8) is 0 Å². The fraction of sp³-hybridized carbons (Fsp3) is 0.500. The topological polar surface area (TPSA) is 92.8 Å². The van der Waals surface area contributed by atoms with Crippen molar-refractivity contribution >= 4 is 56.9 Å². The summed E-state index contributed by atoms with van der Waals surface area (Å²) in [6.07, 6.45) is 2.87. The minimum Gasteiger partial charge on any atom is -0.456 e. The highest BCUT2D eigenvalue weighted by molar-refractivity contribution is 9.10. The van der Waals surface area contributed by atoms with Gasteiger partial charge in [0.25, 0.3) is 5.91 Å². The third kappa shape index (κ3) is 3.92. The number of halogens is 2. The maximum Gasteiger partial charge on any atom is 0.308 e. The molecular formula is C20H20BrClN2O5. The third-order valence-corrected chi connectivity index (χ3v) is 6.93. The van der Waals surface area contributed by atoms with Gasteiger partial charge < -0.3 is 10.1 Å². The second kappa shape index (κ2) is 8.07. The van der Waals surface area contributed by atoms with Crippen molar-refractivity contribution in [2.24, 2.45) is 23.7 Å². The number of nitrogens with one attached hydrogen (secondary N) is 1. The molecule has 2 saturated carbocycles. The lowest BCUT2D eigenvalue weighted by Crippen LogP contribution is -2.35. The standard InChI is InChI=1S/C20H20BrClN2O5/c21-12-3-4-14(13(22)8-12)23-15(25)9-29-16(26)5-6-24-19(27)17-10-1-2-11(7-10)18(17)20(24)28/h3-4,8,10-11,17-18H,1-2,5-7,9H2,(H,23,25)/t10-,11-,17-,18+/m0/s1. The predicted molar refractivity (Wildman–Crippen MR) is 108 cm³/mol. The maximum absolute atomic E-state index is 12.6. The summed E-state index contributed by atoms with van der Waals surface area (Å²) in [6, 6.07) is 4.98. The Hall–Kier alpha value is -1.93. The number of anilines is 1. The maximum atomic E-state index is 12.6. The van der Waals surface area contributed by atoms with Crippen LogP contribution < -0.4 is 5.32 Å². The van der Waals surface area contributed by atoms with Gasteiger partial charge >= 0.3 is 5.97 Å². The number of hydrogen-bond acceptors (Lipinski definition) is 5. The normalized spacial score (nSPS) is 27.3. The highest BCUT2D eigenvalue weighted by Gasteiger charge is 2.60. The van der Waals surface area contributed by atoms with Crippen molar-refractivity contribution in [2.75, 3.05) is 18.5 Å². The van der Waals surface area contributed by atoms with Crippen molar-refractivity contribution < 1.29 is 23.9 Å². The van der Waals surface area contributed by atoms with Crippen LogP contribution in [0.1, 0.15) is 25.7 Å². The van der Waals surface area contributed by atoms with E-state index >= 15 is 0 Å². The van der Waals surface area contributed by atoms with Crippen LogP contribution in [0.3, 0.4) is 0 Å². The van der Waals surface area contributed by atoms with Gasteiger partial charge in [-0.05, 0) is 49.3 Å². The number of nitrogens with zero attached hydrogens (tertiary/aromatic N) is 1. The quantitative estimate of drug-likeness (QED) is 0.496. The van der Waals surface area contributed by atoms with E-state index in [9.17, 15) is 19.2 Å². The zero-order valence-corrected chi connectivity index (χ0v) is 17.9. The van der Waals surface area contributed by atoms with Gasteiger partial charge in [-0.25, -0.2) is 0 Å². The summed E-state index contributed by atoms with van der Waals surface area (Å²) in [7, 11) is 0. The lowest BCUT2D eigenvalue weighted by molar-refractivity contribution is -0.149. The van der Waals surface area contributed by atoms with Crippen LogP contribution in [-0.4, -0.2) is 41.7 Å². The molecule has 2 bridgehead atoms. The molecule has 1 aromatic rings. The second-order valence-electron chi connectivity index (χ2n) is 7.80. The highest BCUT2D eigenvalue weighted by atomic mass is 79.9. The number of carbonyl (C=O) groups excluding carboxylic acids is 4. The van der Waals surface area contributed by atoms with E-state index in [0.29, 0.717) is 22.5 Å². The number of benzene rings is 1. The molecule has 9 heteroatoms. The Morgan fingerprint density at radius 1 is 1.17 bits per heavy atom. The lowest BCUT2D eigenvalue weighted by atomic mass is 9.81. The van der Waals surface area contributed by atoms with Crippen LogP contribution in [0.4, 0.5) is 5.69 Å². The molecule has 29 heavy (non-hydrogen) atoms. The van der Waals surface area contributed by atoms with Crippen LogP contribution in [0.25, 0.3) is 0 Å². The van der Waals surface area contributed by atoms with E-state index in [1.165, 1.54) is 4.90 Å². The van der Waals surface area contributed by atoms with Gasteiger partial charge in [0.1, 0.15) is 0 Å². The molecule has 0 unspecified atom stereocenters. The summed E-state index contributed by atoms with van der Waals surface area (Å²) in [5, 5.41) is 2.91. The van der Waals surface area contributed by atoms with Crippen LogP contribution >= 0.6 is 27.5 Å². The number of carbonyl (C=O) groups is 4. The number of rotatable bonds is 6. The van der Waals surface area contributed by atoms with Crippen LogP contribution in [0.15, 0.2) is 22.7 Å². The molecule has 7 nitrogen and oxygen atoms in total. The average molecular weight is 484 g/mol. The summed E-state index contributed by atoms with van der Waals surface area (Å²) in [5.74, 6) is -1.23. The molecule has 3 aliphatic rings. The van der Waals surface area contributed by atoms with E-state index in [-0.39, 0.29) is 36.6 Å². The smallest absolute Gasteiger partial charge is 0.308 e. The van der Waals surface area contributed by atoms with Gasteiger partial charge in [0.05, 0.1) is 29.0 Å². The van der Waals surface area contributed by atoms with Gasteiger partial charge in [-0.3, -0.25) is 24.1 Å². The Kier molecular flexibility index (Phi) is 5.66. The predicted octanol–water partition coefficient (Wildman–Crippen LogP) is 3.01. The molecule has 3 amide bonds. The number of likely N-dealkylation sites (tertiary alicyclic amines) is 1. The molecule has 2 aliphatic carbocycles. The fourth-order valence-electron chi connectivity index (χ4n) is 4.89. The molecule has 154 valence electrons. The number of hydrogen-bond donors (Lipinski definition) is 1. The number of imide groups is 1. The number of amides is 3. The van der Waals surface area contributed by atoms with Crippen molar-refractivity contribution in [3.05, 3.63) is 27.7 Å². The van der Waals surface area contributed by atoms with E-state index in [1.54, 1.807) is 18.2 Å². The van der Waals surface area contributed by atoms with E-state index in [0.717, 1.165) is 23.7 Å². The molecule has 1 heterocycles. The summed E-state index contributed by atoms with van der Waals surface area (Å²) in [4.78, 5) is 50.3. The zero-order valence-electron chi connectivity index (χ0n) is 15.5. The Morgan fingerprint density at radius 2 is 1.83 bits per heavy atom. The zero-order chi connectivity index (χ0) is 20.7. The molecule has 1 N–H and O–H groups in total. The lowest BCUT2D eigenvalue weighted by Gasteiger charge is -2.19. The van der Waals surface area contributed by atoms with E-state index in [1.807, 2.05) is 0 Å². The molecule has 4 atom stereocenters. The van der Waals surface area contributed by atoms with Crippen LogP contribution in [0.2, 0.25) is 5.02 Å². The first-order valence-corrected chi connectivity index (χ1v) is 10.8. The van der Waals surface area contributed by atoms with Gasteiger partial charge in [0.2, 0.25) is 11.8 Å². The first-order chi connectivity index (χ1) is 13.8. The number of fused-ring (bicyclic) bond motifs is 5. The first kappa shape index (κ1) is 20.3. The average Bonchev–Trinajstić information content (AvgIpc) is 3.35. The van der Waals surface area contributed by atoms with Crippen LogP contribution in [0, 0.1) is 23.7 Å². The van der Waals surface area contributed by atoms with E-state index in [4.69, 9.17) is 16.3 Å². The van der Waals surface area contributed by atoms with Gasteiger partial charge in [0, 0.05) is 11.0 Å². The molecule has 0 aromatic heterocycles. The molecule has 1 aliphatic heterocycles. The minimum atomic E-state index is -0.636. The summed E-state index contributed by atoms with van der Waals surface area (Å²) in [5.41, 5.74) is 0.408. The Labute approximate surface area is 181 Å².